The summed E-state index contributed by atoms with van der Waals surface area (Å²) in [6, 6.07) is 7.41. The van der Waals surface area contributed by atoms with Gasteiger partial charge in [-0.25, -0.2) is 9.97 Å². The van der Waals surface area contributed by atoms with Crippen LogP contribution in [0.2, 0.25) is 0 Å². The van der Waals surface area contributed by atoms with Gasteiger partial charge in [-0.1, -0.05) is 13.8 Å². The number of carbonyl (C=O) groups is 1. The van der Waals surface area contributed by atoms with E-state index in [4.69, 9.17) is 21.6 Å². The molecule has 0 bridgehead atoms. The van der Waals surface area contributed by atoms with E-state index in [2.05, 4.69) is 23.8 Å². The van der Waals surface area contributed by atoms with E-state index >= 15 is 0 Å². The lowest BCUT2D eigenvalue weighted by Gasteiger charge is -2.32. The minimum atomic E-state index is 0.0308. The highest BCUT2D eigenvalue weighted by Crippen LogP contribution is 2.28. The molecule has 1 aliphatic heterocycles. The molecule has 7 heteroatoms. The van der Waals surface area contributed by atoms with Crippen molar-refractivity contribution in [3.05, 3.63) is 52.4 Å². The summed E-state index contributed by atoms with van der Waals surface area (Å²) in [5.41, 5.74) is 3.14. The average molecular weight is 382 g/mol. The third-order valence-corrected chi connectivity index (χ3v) is 5.27. The van der Waals surface area contributed by atoms with Crippen LogP contribution in [0.5, 0.6) is 0 Å². The quantitative estimate of drug-likeness (QED) is 0.679. The molecule has 27 heavy (non-hydrogen) atoms. The van der Waals surface area contributed by atoms with Gasteiger partial charge in [-0.05, 0) is 49.3 Å². The van der Waals surface area contributed by atoms with Crippen LogP contribution in [-0.4, -0.2) is 38.8 Å². The molecule has 1 N–H and O–H groups in total. The lowest BCUT2D eigenvalue weighted by molar-refractivity contribution is 0.0712. The molecule has 0 unspecified atom stereocenters. The number of benzene rings is 1. The summed E-state index contributed by atoms with van der Waals surface area (Å²) in [6.45, 7) is 5.64. The molecule has 0 saturated carbocycles. The van der Waals surface area contributed by atoms with E-state index in [0.717, 1.165) is 43.0 Å². The van der Waals surface area contributed by atoms with Crippen LogP contribution < -0.4 is 0 Å². The Morgan fingerprint density at radius 3 is 2.81 bits per heavy atom. The molecule has 4 rings (SSSR count). The monoisotopic (exact) mass is 382 g/mol. The van der Waals surface area contributed by atoms with E-state index in [9.17, 15) is 4.79 Å². The van der Waals surface area contributed by atoms with Crippen molar-refractivity contribution in [1.29, 1.82) is 0 Å². The first-order valence-corrected chi connectivity index (χ1v) is 9.67. The van der Waals surface area contributed by atoms with Crippen molar-refractivity contribution in [2.45, 2.75) is 38.5 Å². The summed E-state index contributed by atoms with van der Waals surface area (Å²) in [5.74, 6) is 1.61. The van der Waals surface area contributed by atoms with Crippen molar-refractivity contribution in [3.8, 4) is 0 Å². The summed E-state index contributed by atoms with van der Waals surface area (Å²) in [4.78, 5) is 27.1. The Kier molecular flexibility index (Phi) is 4.78. The molecule has 3 heterocycles. The van der Waals surface area contributed by atoms with Crippen molar-refractivity contribution >= 4 is 29.2 Å². The molecule has 2 aromatic heterocycles. The standard InChI is InChI=1S/C20H22N4O2S/c1-12(2)18-21-8-5-15(22-18)13-6-9-24(10-7-13)19(25)14-3-4-16-17(11-14)26-20(27)23-16/h3-5,8,11-13H,6-7,9-10H2,1-2H3,(H,23,27). The second-order valence-corrected chi connectivity index (χ2v) is 7.66. The first-order valence-electron chi connectivity index (χ1n) is 9.26. The van der Waals surface area contributed by atoms with E-state index in [1.807, 2.05) is 29.3 Å². The molecule has 1 aromatic carbocycles. The second-order valence-electron chi connectivity index (χ2n) is 7.29. The van der Waals surface area contributed by atoms with Gasteiger partial charge < -0.3 is 14.3 Å². The first-order chi connectivity index (χ1) is 13.0. The minimum Gasteiger partial charge on any atom is -0.429 e. The Balaban J connectivity index is 1.45. The fourth-order valence-corrected chi connectivity index (χ4v) is 3.73. The van der Waals surface area contributed by atoms with Gasteiger partial charge in [0, 0.05) is 42.4 Å². The van der Waals surface area contributed by atoms with Gasteiger partial charge in [0.1, 0.15) is 5.82 Å². The fraction of sp³-hybridized carbons (Fsp3) is 0.400. The Labute approximate surface area is 162 Å². The van der Waals surface area contributed by atoms with Crippen LogP contribution >= 0.6 is 12.2 Å². The molecule has 0 aliphatic carbocycles. The predicted octanol–water partition coefficient (Wildman–Crippen LogP) is 4.42. The maximum absolute atomic E-state index is 12.9. The zero-order valence-corrected chi connectivity index (χ0v) is 16.3. The molecule has 0 spiro atoms. The zero-order valence-electron chi connectivity index (χ0n) is 15.4. The van der Waals surface area contributed by atoms with Crippen molar-refractivity contribution in [3.63, 3.8) is 0 Å². The molecule has 3 aromatic rings. The molecule has 1 fully saturated rings. The number of aromatic nitrogens is 3. The van der Waals surface area contributed by atoms with Crippen LogP contribution in [0.4, 0.5) is 0 Å². The molecule has 0 radical (unpaired) electrons. The Morgan fingerprint density at radius 2 is 2.07 bits per heavy atom. The van der Waals surface area contributed by atoms with Gasteiger partial charge in [0.2, 0.25) is 0 Å². The van der Waals surface area contributed by atoms with Crippen LogP contribution in [0.3, 0.4) is 0 Å². The van der Waals surface area contributed by atoms with Crippen LogP contribution in [0, 0.1) is 4.84 Å². The number of H-pyrrole nitrogens is 1. The number of piperidine rings is 1. The molecule has 1 saturated heterocycles. The largest absolute Gasteiger partial charge is 0.429 e. The first kappa shape index (κ1) is 17.9. The molecule has 1 amide bonds. The van der Waals surface area contributed by atoms with E-state index in [-0.39, 0.29) is 5.91 Å². The number of aromatic amines is 1. The van der Waals surface area contributed by atoms with Gasteiger partial charge in [-0.3, -0.25) is 4.79 Å². The second kappa shape index (κ2) is 7.23. The Hall–Kier alpha value is -2.54. The van der Waals surface area contributed by atoms with Gasteiger partial charge in [-0.2, -0.15) is 0 Å². The molecule has 140 valence electrons. The predicted molar refractivity (Wildman–Crippen MR) is 105 cm³/mol. The summed E-state index contributed by atoms with van der Waals surface area (Å²) in [7, 11) is 0. The number of nitrogens with zero attached hydrogens (tertiary/aromatic N) is 3. The van der Waals surface area contributed by atoms with Gasteiger partial charge in [-0.15, -0.1) is 0 Å². The fourth-order valence-electron chi connectivity index (χ4n) is 3.53. The van der Waals surface area contributed by atoms with Crippen molar-refractivity contribution in [1.82, 2.24) is 19.9 Å². The highest BCUT2D eigenvalue weighted by molar-refractivity contribution is 7.71. The number of fused-ring (bicyclic) bond motifs is 1. The number of hydrogen-bond donors (Lipinski definition) is 1. The van der Waals surface area contributed by atoms with Gasteiger partial charge in [0.15, 0.2) is 5.58 Å². The molecule has 0 atom stereocenters. The zero-order chi connectivity index (χ0) is 19.0. The highest BCUT2D eigenvalue weighted by Gasteiger charge is 2.26. The number of rotatable bonds is 3. The van der Waals surface area contributed by atoms with E-state index in [1.54, 1.807) is 6.07 Å². The lowest BCUT2D eigenvalue weighted by atomic mass is 9.92. The maximum Gasteiger partial charge on any atom is 0.266 e. The van der Waals surface area contributed by atoms with Crippen LogP contribution in [0.25, 0.3) is 11.1 Å². The van der Waals surface area contributed by atoms with Crippen molar-refractivity contribution in [2.24, 2.45) is 0 Å². The lowest BCUT2D eigenvalue weighted by Crippen LogP contribution is -2.38. The summed E-state index contributed by atoms with van der Waals surface area (Å²) >= 11 is 5.00. The van der Waals surface area contributed by atoms with Crippen LogP contribution in [-0.2, 0) is 0 Å². The number of likely N-dealkylation sites (tertiary alicyclic amines) is 1. The smallest absolute Gasteiger partial charge is 0.266 e. The SMILES string of the molecule is CC(C)c1nccc(C2CCN(C(=O)c3ccc4[nH]c(=S)oc4c3)CC2)n1. The number of carbonyl (C=O) groups excluding carboxylic acids is 1. The molecule has 1 aliphatic rings. The van der Waals surface area contributed by atoms with E-state index < -0.39 is 0 Å². The highest BCUT2D eigenvalue weighted by atomic mass is 32.1. The summed E-state index contributed by atoms with van der Waals surface area (Å²) in [5, 5.41) is 0. The third-order valence-electron chi connectivity index (χ3n) is 5.08. The van der Waals surface area contributed by atoms with E-state index in [1.165, 1.54) is 0 Å². The molecule has 6 nitrogen and oxygen atoms in total. The Morgan fingerprint density at radius 1 is 1.30 bits per heavy atom. The van der Waals surface area contributed by atoms with Gasteiger partial charge >= 0.3 is 0 Å². The molecular weight excluding hydrogens is 360 g/mol. The van der Waals surface area contributed by atoms with Crippen LogP contribution in [0.1, 0.15) is 60.4 Å². The number of hydrogen-bond acceptors (Lipinski definition) is 5. The number of amides is 1. The van der Waals surface area contributed by atoms with Gasteiger partial charge in [0.05, 0.1) is 5.52 Å². The van der Waals surface area contributed by atoms with Crippen molar-refractivity contribution in [2.75, 3.05) is 13.1 Å². The Bertz CT molecular complexity index is 1030. The number of oxazole rings is 1. The average Bonchev–Trinajstić information content (AvgIpc) is 3.06. The van der Waals surface area contributed by atoms with Crippen molar-refractivity contribution < 1.29 is 9.21 Å². The maximum atomic E-state index is 12.9. The third kappa shape index (κ3) is 3.64. The van der Waals surface area contributed by atoms with Gasteiger partial charge in [0.25, 0.3) is 10.7 Å². The molecular formula is C20H22N4O2S. The van der Waals surface area contributed by atoms with Crippen LogP contribution in [0.15, 0.2) is 34.9 Å². The van der Waals surface area contributed by atoms with E-state index in [0.29, 0.717) is 27.8 Å². The topological polar surface area (TPSA) is 75.0 Å². The summed E-state index contributed by atoms with van der Waals surface area (Å²) in [6.07, 6.45) is 3.67. The number of nitrogens with one attached hydrogen (secondary N) is 1. The minimum absolute atomic E-state index is 0.0308. The summed E-state index contributed by atoms with van der Waals surface area (Å²) < 4.78 is 5.43. The normalized spacial score (nSPS) is 15.6.